The lowest BCUT2D eigenvalue weighted by Gasteiger charge is -1.97. The Morgan fingerprint density at radius 1 is 1.55 bits per heavy atom. The third kappa shape index (κ3) is 1.74. The Labute approximate surface area is 68.0 Å². The van der Waals surface area contributed by atoms with Gasteiger partial charge in [-0.05, 0) is 6.07 Å². The summed E-state index contributed by atoms with van der Waals surface area (Å²) in [5.74, 6) is -0.561. The molecule has 0 amide bonds. The van der Waals surface area contributed by atoms with Crippen molar-refractivity contribution >= 4 is 11.6 Å². The lowest BCUT2D eigenvalue weighted by molar-refractivity contribution is 0.611. The third-order valence-corrected chi connectivity index (χ3v) is 1.56. The van der Waals surface area contributed by atoms with E-state index in [-0.39, 0.29) is 17.1 Å². The maximum Gasteiger partial charge on any atom is 0.146 e. The molecule has 0 radical (unpaired) electrons. The molecule has 1 aromatic rings. The number of halogens is 2. The summed E-state index contributed by atoms with van der Waals surface area (Å²) in [5.41, 5.74) is 0.229. The van der Waals surface area contributed by atoms with E-state index < -0.39 is 5.82 Å². The first-order chi connectivity index (χ1) is 5.25. The second-order valence-corrected chi connectivity index (χ2v) is 2.41. The van der Waals surface area contributed by atoms with Gasteiger partial charge in [-0.1, -0.05) is 28.9 Å². The minimum atomic E-state index is -0.561. The molecule has 0 saturated heterocycles. The fourth-order valence-electron chi connectivity index (χ4n) is 0.740. The molecular formula is C7H5ClFNO. The molecule has 0 aliphatic heterocycles. The molecule has 0 aliphatic rings. The topological polar surface area (TPSA) is 29.4 Å². The number of nitroso groups, excluding NO2 is 1. The Morgan fingerprint density at radius 2 is 2.27 bits per heavy atom. The molecule has 0 aliphatic carbocycles. The zero-order chi connectivity index (χ0) is 8.27. The molecule has 0 heterocycles. The van der Waals surface area contributed by atoms with E-state index in [2.05, 4.69) is 5.18 Å². The largest absolute Gasteiger partial charge is 0.205 e. The maximum absolute atomic E-state index is 12.9. The van der Waals surface area contributed by atoms with E-state index in [1.54, 1.807) is 6.07 Å². The molecule has 4 heteroatoms. The molecule has 0 N–H and O–H groups in total. The SMILES string of the molecule is O=NCc1cccc(Cl)c1F. The normalized spacial score (nSPS) is 9.64. The second-order valence-electron chi connectivity index (χ2n) is 2.00. The van der Waals surface area contributed by atoms with Gasteiger partial charge in [-0.15, -0.1) is 0 Å². The van der Waals surface area contributed by atoms with Crippen molar-refractivity contribution in [2.75, 3.05) is 0 Å². The molecule has 1 rings (SSSR count). The summed E-state index contributed by atoms with van der Waals surface area (Å²) in [6.07, 6.45) is 0. The van der Waals surface area contributed by atoms with Crippen LogP contribution < -0.4 is 0 Å². The van der Waals surface area contributed by atoms with Gasteiger partial charge in [0.25, 0.3) is 0 Å². The molecule has 2 nitrogen and oxygen atoms in total. The van der Waals surface area contributed by atoms with Gasteiger partial charge in [0, 0.05) is 5.56 Å². The van der Waals surface area contributed by atoms with Crippen molar-refractivity contribution in [3.63, 3.8) is 0 Å². The summed E-state index contributed by atoms with van der Waals surface area (Å²) >= 11 is 5.43. The van der Waals surface area contributed by atoms with Crippen molar-refractivity contribution in [1.82, 2.24) is 0 Å². The summed E-state index contributed by atoms with van der Waals surface area (Å²) in [6.45, 7) is -0.174. The van der Waals surface area contributed by atoms with Crippen LogP contribution in [0.15, 0.2) is 23.4 Å². The predicted molar refractivity (Wildman–Crippen MR) is 40.9 cm³/mol. The summed E-state index contributed by atoms with van der Waals surface area (Å²) in [4.78, 5) is 9.78. The second kappa shape index (κ2) is 3.44. The Bertz CT molecular complexity index is 277. The number of hydrogen-bond donors (Lipinski definition) is 0. The van der Waals surface area contributed by atoms with Crippen molar-refractivity contribution in [2.45, 2.75) is 6.54 Å². The average molecular weight is 174 g/mol. The molecule has 1 aromatic carbocycles. The van der Waals surface area contributed by atoms with Crippen LogP contribution in [0, 0.1) is 10.7 Å². The third-order valence-electron chi connectivity index (χ3n) is 1.27. The van der Waals surface area contributed by atoms with Gasteiger partial charge in [-0.3, -0.25) is 0 Å². The van der Waals surface area contributed by atoms with E-state index in [1.807, 2.05) is 0 Å². The van der Waals surface area contributed by atoms with Gasteiger partial charge in [0.1, 0.15) is 12.4 Å². The van der Waals surface area contributed by atoms with E-state index >= 15 is 0 Å². The van der Waals surface area contributed by atoms with Crippen LogP contribution in [-0.4, -0.2) is 0 Å². The Kier molecular flexibility index (Phi) is 2.54. The fraction of sp³-hybridized carbons (Fsp3) is 0.143. The van der Waals surface area contributed by atoms with Crippen LogP contribution in [0.25, 0.3) is 0 Å². The summed E-state index contributed by atoms with van der Waals surface area (Å²) in [5, 5.41) is 2.58. The van der Waals surface area contributed by atoms with E-state index in [4.69, 9.17) is 11.6 Å². The smallest absolute Gasteiger partial charge is 0.146 e. The zero-order valence-electron chi connectivity index (χ0n) is 5.55. The van der Waals surface area contributed by atoms with Crippen molar-refractivity contribution in [2.24, 2.45) is 5.18 Å². The average Bonchev–Trinajstić information content (AvgIpc) is 1.99. The van der Waals surface area contributed by atoms with Gasteiger partial charge in [-0.2, -0.15) is 4.91 Å². The van der Waals surface area contributed by atoms with Gasteiger partial charge in [-0.25, -0.2) is 4.39 Å². The van der Waals surface area contributed by atoms with Gasteiger partial charge in [0.05, 0.1) is 5.02 Å². The van der Waals surface area contributed by atoms with Crippen LogP contribution in [-0.2, 0) is 6.54 Å². The van der Waals surface area contributed by atoms with Gasteiger partial charge in [0.15, 0.2) is 0 Å². The molecule has 0 spiro atoms. The van der Waals surface area contributed by atoms with Gasteiger partial charge >= 0.3 is 0 Å². The highest BCUT2D eigenvalue weighted by Gasteiger charge is 2.04. The van der Waals surface area contributed by atoms with Crippen LogP contribution in [0.4, 0.5) is 4.39 Å². The minimum absolute atomic E-state index is 0.0196. The van der Waals surface area contributed by atoms with E-state index in [0.717, 1.165) is 0 Å². The van der Waals surface area contributed by atoms with E-state index in [0.29, 0.717) is 0 Å². The highest BCUT2D eigenvalue weighted by Crippen LogP contribution is 2.17. The first-order valence-corrected chi connectivity index (χ1v) is 3.35. The molecular weight excluding hydrogens is 169 g/mol. The van der Waals surface area contributed by atoms with E-state index in [1.165, 1.54) is 12.1 Å². The number of hydrogen-bond acceptors (Lipinski definition) is 2. The highest BCUT2D eigenvalue weighted by molar-refractivity contribution is 6.30. The van der Waals surface area contributed by atoms with Crippen molar-refractivity contribution in [1.29, 1.82) is 0 Å². The summed E-state index contributed by atoms with van der Waals surface area (Å²) in [6, 6.07) is 4.47. The lowest BCUT2D eigenvalue weighted by Crippen LogP contribution is -1.87. The van der Waals surface area contributed by atoms with Gasteiger partial charge < -0.3 is 0 Å². The van der Waals surface area contributed by atoms with Crippen molar-refractivity contribution in [3.8, 4) is 0 Å². The molecule has 0 unspecified atom stereocenters. The molecule has 11 heavy (non-hydrogen) atoms. The highest BCUT2D eigenvalue weighted by atomic mass is 35.5. The predicted octanol–water partition coefficient (Wildman–Crippen LogP) is 2.75. The Hall–Kier alpha value is -0.960. The number of nitrogens with zero attached hydrogens (tertiary/aromatic N) is 1. The summed E-state index contributed by atoms with van der Waals surface area (Å²) in [7, 11) is 0. The monoisotopic (exact) mass is 173 g/mol. The van der Waals surface area contributed by atoms with Gasteiger partial charge in [0.2, 0.25) is 0 Å². The van der Waals surface area contributed by atoms with Crippen molar-refractivity contribution < 1.29 is 4.39 Å². The summed E-state index contributed by atoms with van der Waals surface area (Å²) < 4.78 is 12.9. The Morgan fingerprint density at radius 3 is 2.91 bits per heavy atom. The fourth-order valence-corrected chi connectivity index (χ4v) is 0.934. The lowest BCUT2D eigenvalue weighted by atomic mass is 10.2. The molecule has 0 fully saturated rings. The number of rotatable bonds is 2. The standard InChI is InChI=1S/C7H5ClFNO/c8-6-3-1-2-5(4-10-11)7(6)9/h1-3H,4H2. The minimum Gasteiger partial charge on any atom is -0.205 e. The molecule has 0 saturated carbocycles. The van der Waals surface area contributed by atoms with Crippen LogP contribution >= 0.6 is 11.6 Å². The molecule has 0 atom stereocenters. The zero-order valence-corrected chi connectivity index (χ0v) is 6.31. The quantitative estimate of drug-likeness (QED) is 0.633. The van der Waals surface area contributed by atoms with Crippen LogP contribution in [0.5, 0.6) is 0 Å². The van der Waals surface area contributed by atoms with Crippen LogP contribution in [0.1, 0.15) is 5.56 Å². The van der Waals surface area contributed by atoms with Crippen LogP contribution in [0.3, 0.4) is 0 Å². The number of benzene rings is 1. The van der Waals surface area contributed by atoms with E-state index in [9.17, 15) is 9.30 Å². The Balaban J connectivity index is 3.05. The first-order valence-electron chi connectivity index (χ1n) is 2.97. The first kappa shape index (κ1) is 8.14. The molecule has 58 valence electrons. The molecule has 0 aromatic heterocycles. The van der Waals surface area contributed by atoms with Crippen molar-refractivity contribution in [3.05, 3.63) is 39.5 Å². The maximum atomic E-state index is 12.9. The van der Waals surface area contributed by atoms with Crippen LogP contribution in [0.2, 0.25) is 5.02 Å². The molecule has 0 bridgehead atoms.